The fraction of sp³-hybridized carbons (Fsp3) is 0.273. The highest BCUT2D eigenvalue weighted by atomic mass is 16.5. The lowest BCUT2D eigenvalue weighted by molar-refractivity contribution is -0.113. The molecule has 0 bridgehead atoms. The van der Waals surface area contributed by atoms with Crippen LogP contribution in [0.4, 0.5) is 10.5 Å². The average Bonchev–Trinajstić information content (AvgIpc) is 2.77. The Hall–Kier alpha value is -3.88. The zero-order valence-electron chi connectivity index (χ0n) is 18.0. The van der Waals surface area contributed by atoms with Gasteiger partial charge in [0, 0.05) is 17.3 Å². The summed E-state index contributed by atoms with van der Waals surface area (Å²) in [5, 5.41) is 8.30. The number of hydrogen-bond acceptors (Lipinski definition) is 6. The maximum Gasteiger partial charge on any atom is 0.319 e. The van der Waals surface area contributed by atoms with Crippen molar-refractivity contribution in [3.63, 3.8) is 0 Å². The Balaban J connectivity index is 2.03. The molecule has 0 saturated heterocycles. The van der Waals surface area contributed by atoms with E-state index in [9.17, 15) is 9.59 Å². The lowest BCUT2D eigenvalue weighted by atomic mass is 9.93. The third-order valence-corrected chi connectivity index (χ3v) is 4.92. The highest BCUT2D eigenvalue weighted by molar-refractivity contribution is 6.07. The summed E-state index contributed by atoms with van der Waals surface area (Å²) in [4.78, 5) is 25.5. The normalized spacial score (nSPS) is 15.5. The molecule has 1 atom stereocenters. The smallest absolute Gasteiger partial charge is 0.319 e. The zero-order valence-corrected chi connectivity index (χ0v) is 18.0. The first-order valence-corrected chi connectivity index (χ1v) is 9.46. The van der Waals surface area contributed by atoms with Gasteiger partial charge in [0.15, 0.2) is 11.5 Å². The number of urea groups is 1. The third kappa shape index (κ3) is 4.35. The molecule has 3 rings (SSSR count). The third-order valence-electron chi connectivity index (χ3n) is 4.92. The van der Waals surface area contributed by atoms with Gasteiger partial charge in [0.05, 0.1) is 45.7 Å². The molecular formula is C22H25N3O6. The first-order valence-electron chi connectivity index (χ1n) is 9.46. The van der Waals surface area contributed by atoms with E-state index in [-0.39, 0.29) is 0 Å². The molecule has 9 heteroatoms. The van der Waals surface area contributed by atoms with Crippen molar-refractivity contribution in [3.05, 3.63) is 53.2 Å². The topological polar surface area (TPSA) is 107 Å². The summed E-state index contributed by atoms with van der Waals surface area (Å²) in [7, 11) is 6.07. The van der Waals surface area contributed by atoms with Gasteiger partial charge < -0.3 is 34.9 Å². The van der Waals surface area contributed by atoms with Crippen molar-refractivity contribution in [1.82, 2.24) is 10.6 Å². The summed E-state index contributed by atoms with van der Waals surface area (Å²) < 4.78 is 21.4. The van der Waals surface area contributed by atoms with E-state index >= 15 is 0 Å². The first-order chi connectivity index (χ1) is 14.9. The van der Waals surface area contributed by atoms with Gasteiger partial charge in [0.25, 0.3) is 5.91 Å². The highest BCUT2D eigenvalue weighted by Gasteiger charge is 2.34. The molecule has 0 aromatic heterocycles. The summed E-state index contributed by atoms with van der Waals surface area (Å²) in [6.45, 7) is 1.67. The molecule has 2 aromatic rings. The Morgan fingerprint density at radius 3 is 2.35 bits per heavy atom. The Bertz CT molecular complexity index is 1030. The van der Waals surface area contributed by atoms with Crippen LogP contribution >= 0.6 is 0 Å². The number of hydrogen-bond donors (Lipinski definition) is 3. The molecular weight excluding hydrogens is 402 g/mol. The molecule has 0 fully saturated rings. The number of rotatable bonds is 7. The number of amides is 3. The monoisotopic (exact) mass is 427 g/mol. The lowest BCUT2D eigenvalue weighted by Crippen LogP contribution is -2.46. The van der Waals surface area contributed by atoms with Crippen LogP contribution in [0.2, 0.25) is 0 Å². The van der Waals surface area contributed by atoms with Crippen LogP contribution in [0, 0.1) is 0 Å². The number of nitrogens with one attached hydrogen (secondary N) is 3. The Labute approximate surface area is 180 Å². The van der Waals surface area contributed by atoms with Gasteiger partial charge in [-0.2, -0.15) is 0 Å². The minimum absolute atomic E-state index is 0.323. The number of carbonyl (C=O) groups is 2. The van der Waals surface area contributed by atoms with Crippen molar-refractivity contribution in [1.29, 1.82) is 0 Å². The molecule has 1 heterocycles. The Morgan fingerprint density at radius 2 is 1.71 bits per heavy atom. The van der Waals surface area contributed by atoms with Crippen LogP contribution < -0.4 is 34.9 Å². The lowest BCUT2D eigenvalue weighted by Gasteiger charge is -2.30. The van der Waals surface area contributed by atoms with Crippen LogP contribution in [0.25, 0.3) is 0 Å². The predicted octanol–water partition coefficient (Wildman–Crippen LogP) is 2.99. The summed E-state index contributed by atoms with van der Waals surface area (Å²) >= 11 is 0. The fourth-order valence-corrected chi connectivity index (χ4v) is 3.46. The second-order valence-corrected chi connectivity index (χ2v) is 6.67. The van der Waals surface area contributed by atoms with Crippen LogP contribution in [-0.2, 0) is 4.79 Å². The van der Waals surface area contributed by atoms with E-state index < -0.39 is 18.0 Å². The molecule has 2 aromatic carbocycles. The number of methoxy groups -OCH3 is 4. The van der Waals surface area contributed by atoms with E-state index in [4.69, 9.17) is 18.9 Å². The van der Waals surface area contributed by atoms with Gasteiger partial charge in [0.1, 0.15) is 11.5 Å². The van der Waals surface area contributed by atoms with Crippen LogP contribution in [0.5, 0.6) is 23.0 Å². The van der Waals surface area contributed by atoms with E-state index in [1.807, 2.05) is 0 Å². The molecule has 0 aliphatic carbocycles. The quantitative estimate of drug-likeness (QED) is 0.627. The molecule has 3 amide bonds. The molecule has 1 aliphatic rings. The van der Waals surface area contributed by atoms with Gasteiger partial charge >= 0.3 is 6.03 Å². The molecule has 0 radical (unpaired) electrons. The van der Waals surface area contributed by atoms with E-state index in [1.54, 1.807) is 50.4 Å². The minimum atomic E-state index is -0.761. The van der Waals surface area contributed by atoms with Crippen molar-refractivity contribution in [3.8, 4) is 23.0 Å². The van der Waals surface area contributed by atoms with Crippen molar-refractivity contribution in [2.75, 3.05) is 33.8 Å². The standard InChI is InChI=1S/C22H25N3O6/c1-12-18(21(26)24-15-10-9-13(28-2)11-17(15)30-4)19(25-22(27)23-12)14-7-6-8-16(29-3)20(14)31-5/h6-11,19H,1-5H3,(H,24,26)(H2,23,25,27)/t19-/m0/s1. The predicted molar refractivity (Wildman–Crippen MR) is 115 cm³/mol. The second kappa shape index (κ2) is 9.29. The van der Waals surface area contributed by atoms with E-state index in [0.717, 1.165) is 0 Å². The average molecular weight is 427 g/mol. The molecule has 0 unspecified atom stereocenters. The van der Waals surface area contributed by atoms with Crippen molar-refractivity contribution < 1.29 is 28.5 Å². The number of para-hydroxylation sites is 1. The molecule has 3 N–H and O–H groups in total. The Kier molecular flexibility index (Phi) is 6.54. The largest absolute Gasteiger partial charge is 0.497 e. The van der Waals surface area contributed by atoms with Gasteiger partial charge in [-0.1, -0.05) is 12.1 Å². The maximum atomic E-state index is 13.3. The van der Waals surface area contributed by atoms with Gasteiger partial charge in [-0.25, -0.2) is 4.79 Å². The van der Waals surface area contributed by atoms with E-state index in [1.165, 1.54) is 21.3 Å². The second-order valence-electron chi connectivity index (χ2n) is 6.67. The van der Waals surface area contributed by atoms with Gasteiger partial charge in [-0.3, -0.25) is 4.79 Å². The van der Waals surface area contributed by atoms with Crippen LogP contribution in [0.15, 0.2) is 47.7 Å². The number of carbonyl (C=O) groups excluding carboxylic acids is 2. The number of anilines is 1. The summed E-state index contributed by atoms with van der Waals surface area (Å²) in [6, 6.07) is 9.15. The SMILES string of the molecule is COc1ccc(NC(=O)C2=C(C)NC(=O)N[C@H]2c2cccc(OC)c2OC)c(OC)c1. The van der Waals surface area contributed by atoms with Crippen LogP contribution in [0.1, 0.15) is 18.5 Å². The van der Waals surface area contributed by atoms with Crippen LogP contribution in [0.3, 0.4) is 0 Å². The number of allylic oxidation sites excluding steroid dienone is 1. The van der Waals surface area contributed by atoms with Gasteiger partial charge in [-0.15, -0.1) is 0 Å². The highest BCUT2D eigenvalue weighted by Crippen LogP contribution is 2.39. The summed E-state index contributed by atoms with van der Waals surface area (Å²) in [5.41, 5.74) is 1.79. The summed E-state index contributed by atoms with van der Waals surface area (Å²) in [5.74, 6) is 1.53. The van der Waals surface area contributed by atoms with Crippen molar-refractivity contribution in [2.24, 2.45) is 0 Å². The fourth-order valence-electron chi connectivity index (χ4n) is 3.46. The summed E-state index contributed by atoms with van der Waals surface area (Å²) in [6.07, 6.45) is 0. The van der Waals surface area contributed by atoms with Crippen LogP contribution in [-0.4, -0.2) is 40.4 Å². The number of benzene rings is 2. The molecule has 0 saturated carbocycles. The maximum absolute atomic E-state index is 13.3. The molecule has 9 nitrogen and oxygen atoms in total. The van der Waals surface area contributed by atoms with E-state index in [0.29, 0.717) is 45.5 Å². The molecule has 31 heavy (non-hydrogen) atoms. The molecule has 0 spiro atoms. The van der Waals surface area contributed by atoms with Gasteiger partial charge in [-0.05, 0) is 25.1 Å². The minimum Gasteiger partial charge on any atom is -0.497 e. The zero-order chi connectivity index (χ0) is 22.5. The van der Waals surface area contributed by atoms with E-state index in [2.05, 4.69) is 16.0 Å². The van der Waals surface area contributed by atoms with Crippen molar-refractivity contribution >= 4 is 17.6 Å². The molecule has 164 valence electrons. The number of ether oxygens (including phenoxy) is 4. The Morgan fingerprint density at radius 1 is 0.968 bits per heavy atom. The van der Waals surface area contributed by atoms with Crippen molar-refractivity contribution in [2.45, 2.75) is 13.0 Å². The molecule has 1 aliphatic heterocycles. The first kappa shape index (κ1) is 21.8. The van der Waals surface area contributed by atoms with Gasteiger partial charge in [0.2, 0.25) is 0 Å².